The fourth-order valence-electron chi connectivity index (χ4n) is 0.930. The van der Waals surface area contributed by atoms with Crippen LogP contribution < -0.4 is 0 Å². The zero-order valence-corrected chi connectivity index (χ0v) is 9.83. The van der Waals surface area contributed by atoms with Crippen LogP contribution in [0.4, 0.5) is 0 Å². The molecule has 2 aromatic rings. The van der Waals surface area contributed by atoms with Gasteiger partial charge in [-0.2, -0.15) is 0 Å². The summed E-state index contributed by atoms with van der Waals surface area (Å²) in [6, 6.07) is 3.96. The normalized spacial score (nSPS) is 9.83. The molecule has 0 saturated heterocycles. The van der Waals surface area contributed by atoms with Gasteiger partial charge in [-0.3, -0.25) is 0 Å². The van der Waals surface area contributed by atoms with Gasteiger partial charge in [-0.05, 0) is 44.0 Å². The fraction of sp³-hybridized carbons (Fsp3) is 0. The third kappa shape index (κ3) is 1.65. The summed E-state index contributed by atoms with van der Waals surface area (Å²) in [4.78, 5) is 7.14. The van der Waals surface area contributed by atoms with E-state index >= 15 is 0 Å². The molecular formula is C7H5Br2ClN2. The summed E-state index contributed by atoms with van der Waals surface area (Å²) in [5.41, 5.74) is 2.01. The minimum Gasteiger partial charge on any atom is -0.345 e. The highest BCUT2D eigenvalue weighted by atomic mass is 79.9. The van der Waals surface area contributed by atoms with Crippen LogP contribution in [0.15, 0.2) is 27.4 Å². The summed E-state index contributed by atoms with van der Waals surface area (Å²) in [7, 11) is 0. The van der Waals surface area contributed by atoms with Crippen LogP contribution in [0.25, 0.3) is 11.0 Å². The van der Waals surface area contributed by atoms with E-state index < -0.39 is 0 Å². The number of hydrogen-bond acceptors (Lipinski definition) is 1. The van der Waals surface area contributed by atoms with E-state index in [-0.39, 0.29) is 12.4 Å². The number of imidazole rings is 1. The maximum Gasteiger partial charge on any atom is 0.0931 e. The van der Waals surface area contributed by atoms with Crippen molar-refractivity contribution in [3.63, 3.8) is 0 Å². The summed E-state index contributed by atoms with van der Waals surface area (Å²) in [6.07, 6.45) is 1.68. The van der Waals surface area contributed by atoms with Gasteiger partial charge in [0, 0.05) is 8.95 Å². The Morgan fingerprint density at radius 1 is 1.17 bits per heavy atom. The van der Waals surface area contributed by atoms with Crippen LogP contribution in [0.1, 0.15) is 0 Å². The van der Waals surface area contributed by atoms with E-state index in [9.17, 15) is 0 Å². The molecular weight excluding hydrogens is 307 g/mol. The molecule has 2 nitrogen and oxygen atoms in total. The lowest BCUT2D eigenvalue weighted by molar-refractivity contribution is 1.34. The SMILES string of the molecule is Brc1cc2nc[nH]c2cc1Br.Cl. The van der Waals surface area contributed by atoms with Crippen LogP contribution in [0.3, 0.4) is 0 Å². The third-order valence-electron chi connectivity index (χ3n) is 1.46. The number of nitrogens with one attached hydrogen (secondary N) is 1. The summed E-state index contributed by atoms with van der Waals surface area (Å²) < 4.78 is 2.06. The van der Waals surface area contributed by atoms with E-state index in [4.69, 9.17) is 0 Å². The van der Waals surface area contributed by atoms with Gasteiger partial charge in [0.15, 0.2) is 0 Å². The Morgan fingerprint density at radius 3 is 2.58 bits per heavy atom. The van der Waals surface area contributed by atoms with Crippen molar-refractivity contribution < 1.29 is 0 Å². The number of rotatable bonds is 0. The van der Waals surface area contributed by atoms with Gasteiger partial charge in [-0.1, -0.05) is 0 Å². The Hall–Kier alpha value is -0.0600. The molecule has 0 saturated carbocycles. The van der Waals surface area contributed by atoms with E-state index in [0.717, 1.165) is 20.0 Å². The zero-order valence-electron chi connectivity index (χ0n) is 5.84. The molecule has 0 radical (unpaired) electrons. The minimum absolute atomic E-state index is 0. The Kier molecular flexibility index (Phi) is 3.15. The zero-order chi connectivity index (χ0) is 7.84. The molecule has 1 heterocycles. The van der Waals surface area contributed by atoms with Crippen LogP contribution in [0.5, 0.6) is 0 Å². The van der Waals surface area contributed by atoms with Gasteiger partial charge in [-0.15, -0.1) is 12.4 Å². The summed E-state index contributed by atoms with van der Waals surface area (Å²) in [5, 5.41) is 0. The van der Waals surface area contributed by atoms with E-state index in [2.05, 4.69) is 41.8 Å². The number of hydrogen-bond donors (Lipinski definition) is 1. The fourth-order valence-corrected chi connectivity index (χ4v) is 1.60. The number of benzene rings is 1. The van der Waals surface area contributed by atoms with Crippen molar-refractivity contribution in [3.8, 4) is 0 Å². The molecule has 0 aliphatic rings. The number of aromatic nitrogens is 2. The van der Waals surface area contributed by atoms with Gasteiger partial charge < -0.3 is 4.98 Å². The molecule has 64 valence electrons. The maximum atomic E-state index is 4.11. The van der Waals surface area contributed by atoms with Gasteiger partial charge >= 0.3 is 0 Å². The predicted octanol–water partition coefficient (Wildman–Crippen LogP) is 3.51. The summed E-state index contributed by atoms with van der Waals surface area (Å²) in [5.74, 6) is 0. The van der Waals surface area contributed by atoms with Gasteiger partial charge in [0.25, 0.3) is 0 Å². The average molecular weight is 312 g/mol. The summed E-state index contributed by atoms with van der Waals surface area (Å²) >= 11 is 6.81. The van der Waals surface area contributed by atoms with E-state index in [1.807, 2.05) is 12.1 Å². The van der Waals surface area contributed by atoms with Crippen LogP contribution in [-0.2, 0) is 0 Å². The number of nitrogens with zero attached hydrogens (tertiary/aromatic N) is 1. The molecule has 1 N–H and O–H groups in total. The topological polar surface area (TPSA) is 28.7 Å². The molecule has 12 heavy (non-hydrogen) atoms. The van der Waals surface area contributed by atoms with Gasteiger partial charge in [0.2, 0.25) is 0 Å². The first-order valence-corrected chi connectivity index (χ1v) is 4.64. The predicted molar refractivity (Wildman–Crippen MR) is 58.7 cm³/mol. The third-order valence-corrected chi connectivity index (χ3v) is 3.31. The first-order valence-electron chi connectivity index (χ1n) is 3.05. The lowest BCUT2D eigenvalue weighted by Crippen LogP contribution is -1.71. The number of aromatic amines is 1. The Balaban J connectivity index is 0.000000720. The minimum atomic E-state index is 0. The van der Waals surface area contributed by atoms with Crippen molar-refractivity contribution >= 4 is 55.3 Å². The monoisotopic (exact) mass is 310 g/mol. The number of H-pyrrole nitrogens is 1. The lowest BCUT2D eigenvalue weighted by atomic mass is 10.3. The maximum absolute atomic E-state index is 4.11. The van der Waals surface area contributed by atoms with Crippen molar-refractivity contribution in [2.75, 3.05) is 0 Å². The van der Waals surface area contributed by atoms with Crippen LogP contribution >= 0.6 is 44.3 Å². The quantitative estimate of drug-likeness (QED) is 0.792. The van der Waals surface area contributed by atoms with E-state index in [1.165, 1.54) is 0 Å². The standard InChI is InChI=1S/C7H4Br2N2.ClH/c8-4-1-6-7(2-5(4)9)11-3-10-6;/h1-3H,(H,10,11);1H. The smallest absolute Gasteiger partial charge is 0.0931 e. The van der Waals surface area contributed by atoms with Crippen LogP contribution in [0, 0.1) is 0 Å². The molecule has 0 atom stereocenters. The molecule has 0 unspecified atom stereocenters. The van der Waals surface area contributed by atoms with Crippen LogP contribution in [-0.4, -0.2) is 9.97 Å². The average Bonchev–Trinajstić information content (AvgIpc) is 2.36. The van der Waals surface area contributed by atoms with Crippen molar-refractivity contribution in [2.45, 2.75) is 0 Å². The Bertz CT molecular complexity index is 363. The highest BCUT2D eigenvalue weighted by Crippen LogP contribution is 2.26. The second kappa shape index (κ2) is 3.77. The molecule has 1 aromatic heterocycles. The first kappa shape index (κ1) is 10.0. The molecule has 2 rings (SSSR count). The van der Waals surface area contributed by atoms with Crippen molar-refractivity contribution in [3.05, 3.63) is 27.4 Å². The second-order valence-electron chi connectivity index (χ2n) is 2.19. The summed E-state index contributed by atoms with van der Waals surface area (Å²) in [6.45, 7) is 0. The van der Waals surface area contributed by atoms with Gasteiger partial charge in [0.05, 0.1) is 17.4 Å². The molecule has 0 bridgehead atoms. The van der Waals surface area contributed by atoms with Gasteiger partial charge in [-0.25, -0.2) is 4.98 Å². The van der Waals surface area contributed by atoms with Crippen molar-refractivity contribution in [1.82, 2.24) is 9.97 Å². The highest BCUT2D eigenvalue weighted by molar-refractivity contribution is 9.13. The molecule has 0 spiro atoms. The number of fused-ring (bicyclic) bond motifs is 1. The number of halogens is 3. The van der Waals surface area contributed by atoms with Crippen molar-refractivity contribution in [2.24, 2.45) is 0 Å². The Labute approximate surface area is 92.4 Å². The molecule has 5 heteroatoms. The molecule has 0 amide bonds. The Morgan fingerprint density at radius 2 is 1.83 bits per heavy atom. The molecule has 0 fully saturated rings. The van der Waals surface area contributed by atoms with Crippen LogP contribution in [0.2, 0.25) is 0 Å². The first-order chi connectivity index (χ1) is 5.27. The second-order valence-corrected chi connectivity index (χ2v) is 3.89. The largest absolute Gasteiger partial charge is 0.345 e. The molecule has 0 aliphatic heterocycles. The molecule has 1 aromatic carbocycles. The molecule has 0 aliphatic carbocycles. The van der Waals surface area contributed by atoms with Gasteiger partial charge in [0.1, 0.15) is 0 Å². The van der Waals surface area contributed by atoms with Crippen molar-refractivity contribution in [1.29, 1.82) is 0 Å². The van der Waals surface area contributed by atoms with E-state index in [0.29, 0.717) is 0 Å². The lowest BCUT2D eigenvalue weighted by Gasteiger charge is -1.93. The highest BCUT2D eigenvalue weighted by Gasteiger charge is 2.00. The van der Waals surface area contributed by atoms with E-state index in [1.54, 1.807) is 6.33 Å².